The van der Waals surface area contributed by atoms with Gasteiger partial charge in [0.2, 0.25) is 0 Å². The monoisotopic (exact) mass is 448 g/mol. The van der Waals surface area contributed by atoms with Gasteiger partial charge in [0.05, 0.1) is 38.2 Å². The number of hydrogen-bond donors (Lipinski definition) is 2. The largest absolute Gasteiger partial charge is 1.00 e. The number of allylic oxidation sites excluding steroid dienone is 1. The third-order valence-electron chi connectivity index (χ3n) is 4.08. The van der Waals surface area contributed by atoms with Crippen molar-refractivity contribution in [2.45, 2.75) is 44.9 Å². The minimum absolute atomic E-state index is 0. The molecule has 0 bridgehead atoms. The first-order chi connectivity index (χ1) is 12.9. The SMILES string of the molecule is COC(=O)C1=C(NCC(=O)[O-])CCC1.COC(=O)C1CCCC1.NCC=O.[Na+].[Na+].[OH-]. The van der Waals surface area contributed by atoms with E-state index in [2.05, 4.69) is 20.5 Å². The molecule has 162 valence electrons. The quantitative estimate of drug-likeness (QED) is 0.225. The molecule has 0 aromatic heterocycles. The van der Waals surface area contributed by atoms with Crippen molar-refractivity contribution in [1.29, 1.82) is 0 Å². The number of rotatable bonds is 6. The zero-order chi connectivity index (χ0) is 20.7. The zero-order valence-corrected chi connectivity index (χ0v) is 22.4. The standard InChI is InChI=1S/C9H13NO4.C7H12O2.C2H5NO.2Na.H2O/c1-14-9(13)6-3-2-4-7(6)10-5-8(11)12;1-9-7(8)6-4-2-3-5-6;3-1-2-4;;;/h10H,2-5H2,1H3,(H,11,12);6H,2-5H2,1H3;2H,1,3H2;;;1H2/q;;;2*+1;/p-2. The van der Waals surface area contributed by atoms with Crippen molar-refractivity contribution in [2.24, 2.45) is 11.7 Å². The van der Waals surface area contributed by atoms with E-state index in [-0.39, 0.29) is 95.5 Å². The van der Waals surface area contributed by atoms with Crippen LogP contribution in [0.5, 0.6) is 0 Å². The van der Waals surface area contributed by atoms with Crippen molar-refractivity contribution in [2.75, 3.05) is 27.3 Å². The number of aldehydes is 1. The summed E-state index contributed by atoms with van der Waals surface area (Å²) in [5, 5.41) is 12.9. The molecule has 4 N–H and O–H groups in total. The van der Waals surface area contributed by atoms with Gasteiger partial charge in [0.15, 0.2) is 0 Å². The van der Waals surface area contributed by atoms with E-state index in [0.717, 1.165) is 19.3 Å². The number of carbonyl (C=O) groups is 4. The molecule has 0 atom stereocenters. The van der Waals surface area contributed by atoms with E-state index >= 15 is 0 Å². The summed E-state index contributed by atoms with van der Waals surface area (Å²) in [6, 6.07) is 0. The molecule has 0 aliphatic heterocycles. The molecule has 1 saturated carbocycles. The third kappa shape index (κ3) is 16.3. The van der Waals surface area contributed by atoms with Crippen LogP contribution in [0.4, 0.5) is 0 Å². The van der Waals surface area contributed by atoms with Gasteiger partial charge in [-0.2, -0.15) is 0 Å². The van der Waals surface area contributed by atoms with Crippen LogP contribution in [-0.2, 0) is 28.7 Å². The first-order valence-electron chi connectivity index (χ1n) is 8.86. The second-order valence-corrected chi connectivity index (χ2v) is 5.93. The van der Waals surface area contributed by atoms with Crippen LogP contribution in [0.1, 0.15) is 44.9 Å². The average molecular weight is 448 g/mol. The van der Waals surface area contributed by atoms with Crippen molar-refractivity contribution in [1.82, 2.24) is 5.32 Å². The van der Waals surface area contributed by atoms with Gasteiger partial charge in [0.1, 0.15) is 6.29 Å². The van der Waals surface area contributed by atoms with Gasteiger partial charge in [0.25, 0.3) is 0 Å². The summed E-state index contributed by atoms with van der Waals surface area (Å²) in [7, 11) is 2.77. The number of carboxylic acid groups (broad SMARTS) is 1. The van der Waals surface area contributed by atoms with E-state index < -0.39 is 5.97 Å². The normalized spacial score (nSPS) is 14.1. The summed E-state index contributed by atoms with van der Waals surface area (Å²) in [6.07, 6.45) is 7.29. The van der Waals surface area contributed by atoms with E-state index in [1.54, 1.807) is 0 Å². The van der Waals surface area contributed by atoms with Crippen LogP contribution in [0.2, 0.25) is 0 Å². The average Bonchev–Trinajstić information content (AvgIpc) is 3.37. The van der Waals surface area contributed by atoms with Gasteiger partial charge in [-0.3, -0.25) is 4.79 Å². The summed E-state index contributed by atoms with van der Waals surface area (Å²) in [5.41, 5.74) is 5.88. The molecule has 0 unspecified atom stereocenters. The first-order valence-corrected chi connectivity index (χ1v) is 8.86. The molecule has 30 heavy (non-hydrogen) atoms. The van der Waals surface area contributed by atoms with Crippen molar-refractivity contribution in [3.63, 3.8) is 0 Å². The summed E-state index contributed by atoms with van der Waals surface area (Å²) >= 11 is 0. The van der Waals surface area contributed by atoms with Crippen molar-refractivity contribution < 1.29 is 98.3 Å². The molecule has 2 aliphatic carbocycles. The molecule has 2 rings (SSSR count). The minimum Gasteiger partial charge on any atom is -0.870 e. The van der Waals surface area contributed by atoms with Crippen LogP contribution in [0.25, 0.3) is 0 Å². The summed E-state index contributed by atoms with van der Waals surface area (Å²) in [6.45, 7) is -0.129. The molecule has 0 saturated heterocycles. The number of carbonyl (C=O) groups excluding carboxylic acids is 4. The fourth-order valence-corrected chi connectivity index (χ4v) is 2.79. The molecule has 0 heterocycles. The van der Waals surface area contributed by atoms with E-state index in [1.165, 1.54) is 27.1 Å². The molecule has 0 aromatic rings. The molecular formula is C18H30N2Na2O8. The topological polar surface area (TPSA) is 178 Å². The van der Waals surface area contributed by atoms with E-state index in [0.29, 0.717) is 30.4 Å². The van der Waals surface area contributed by atoms with Crippen LogP contribution in [0.15, 0.2) is 11.3 Å². The van der Waals surface area contributed by atoms with Gasteiger partial charge in [-0.05, 0) is 32.1 Å². The molecule has 0 radical (unpaired) electrons. The fraction of sp³-hybridized carbons (Fsp3) is 0.667. The van der Waals surface area contributed by atoms with Crippen LogP contribution in [-0.4, -0.2) is 57.0 Å². The van der Waals surface area contributed by atoms with Crippen LogP contribution >= 0.6 is 0 Å². The van der Waals surface area contributed by atoms with E-state index in [4.69, 9.17) is 4.79 Å². The summed E-state index contributed by atoms with van der Waals surface area (Å²) in [5.74, 6) is -1.38. The second-order valence-electron chi connectivity index (χ2n) is 5.93. The predicted molar refractivity (Wildman–Crippen MR) is 96.9 cm³/mol. The van der Waals surface area contributed by atoms with Crippen LogP contribution < -0.4 is 75.3 Å². The predicted octanol–water partition coefficient (Wildman–Crippen LogP) is -6.74. The Morgan fingerprint density at radius 1 is 1.10 bits per heavy atom. The molecule has 1 fully saturated rings. The molecule has 2 aliphatic rings. The van der Waals surface area contributed by atoms with Crippen molar-refractivity contribution in [3.8, 4) is 0 Å². The van der Waals surface area contributed by atoms with Gasteiger partial charge in [-0.1, -0.05) is 12.8 Å². The Bertz CT molecular complexity index is 538. The minimum atomic E-state index is -1.19. The Balaban J connectivity index is -0.000000184. The van der Waals surface area contributed by atoms with Gasteiger partial charge in [0, 0.05) is 12.2 Å². The van der Waals surface area contributed by atoms with E-state index in [1.807, 2.05) is 0 Å². The Kier molecular flexibility index (Phi) is 28.5. The Labute approximate surface area is 221 Å². The molecule has 0 aromatic carbocycles. The maximum atomic E-state index is 11.2. The second kappa shape index (κ2) is 23.2. The Morgan fingerprint density at radius 3 is 2.03 bits per heavy atom. The van der Waals surface area contributed by atoms with Crippen LogP contribution in [0, 0.1) is 5.92 Å². The number of methoxy groups -OCH3 is 2. The van der Waals surface area contributed by atoms with E-state index in [9.17, 15) is 19.5 Å². The number of nitrogens with one attached hydrogen (secondary N) is 1. The molecular weight excluding hydrogens is 418 g/mol. The Hall–Kier alpha value is -0.460. The molecule has 10 nitrogen and oxygen atoms in total. The Morgan fingerprint density at radius 2 is 1.63 bits per heavy atom. The number of aliphatic carboxylic acids is 1. The van der Waals surface area contributed by atoms with Crippen molar-refractivity contribution >= 4 is 24.2 Å². The smallest absolute Gasteiger partial charge is 0.870 e. The third-order valence-corrected chi connectivity index (χ3v) is 4.08. The fourth-order valence-electron chi connectivity index (χ4n) is 2.79. The number of hydrogen-bond acceptors (Lipinski definition) is 10. The van der Waals surface area contributed by atoms with Crippen LogP contribution in [0.3, 0.4) is 0 Å². The molecule has 12 heteroatoms. The van der Waals surface area contributed by atoms with Gasteiger partial charge in [-0.25, -0.2) is 4.79 Å². The summed E-state index contributed by atoms with van der Waals surface area (Å²) < 4.78 is 9.17. The van der Waals surface area contributed by atoms with Gasteiger partial charge < -0.3 is 40.7 Å². The maximum Gasteiger partial charge on any atom is 1.00 e. The zero-order valence-electron chi connectivity index (χ0n) is 18.4. The van der Waals surface area contributed by atoms with Crippen molar-refractivity contribution in [3.05, 3.63) is 11.3 Å². The summed E-state index contributed by atoms with van der Waals surface area (Å²) in [4.78, 5) is 41.2. The van der Waals surface area contributed by atoms with Gasteiger partial charge in [-0.15, -0.1) is 0 Å². The number of ether oxygens (including phenoxy) is 2. The van der Waals surface area contributed by atoms with Gasteiger partial charge >= 0.3 is 71.1 Å². The number of carboxylic acids is 1. The first kappa shape index (κ1) is 36.9. The number of esters is 2. The number of nitrogens with two attached hydrogens (primary N) is 1. The molecule has 0 spiro atoms. The maximum absolute atomic E-state index is 11.2. The molecule has 0 amide bonds.